The summed E-state index contributed by atoms with van der Waals surface area (Å²) in [6.07, 6.45) is 0.937. The maximum Gasteiger partial charge on any atom is 0.264 e. The molecule has 0 aliphatic rings. The number of halogens is 1. The smallest absolute Gasteiger partial charge is 0.264 e. The molecule has 0 aliphatic carbocycles. The second kappa shape index (κ2) is 15.2. The zero-order chi connectivity index (χ0) is 32.6. The summed E-state index contributed by atoms with van der Waals surface area (Å²) >= 11 is 6.57. The fourth-order valence-corrected chi connectivity index (χ4v) is 6.71. The van der Waals surface area contributed by atoms with E-state index in [0.29, 0.717) is 28.3 Å². The number of carbonyl (C=O) groups is 2. The van der Waals surface area contributed by atoms with Gasteiger partial charge in [0.05, 0.1) is 10.6 Å². The van der Waals surface area contributed by atoms with Gasteiger partial charge in [-0.15, -0.1) is 0 Å². The summed E-state index contributed by atoms with van der Waals surface area (Å²) in [6.45, 7) is 7.06. The lowest BCUT2D eigenvalue weighted by Gasteiger charge is -2.35. The van der Waals surface area contributed by atoms with Crippen molar-refractivity contribution in [1.29, 1.82) is 0 Å². The van der Waals surface area contributed by atoms with Gasteiger partial charge < -0.3 is 10.2 Å². The molecular formula is C36H40ClN3O4S. The van der Waals surface area contributed by atoms with Crippen LogP contribution in [0.25, 0.3) is 0 Å². The summed E-state index contributed by atoms with van der Waals surface area (Å²) in [5.74, 6) is -0.853. The summed E-state index contributed by atoms with van der Waals surface area (Å²) in [4.78, 5) is 30.1. The topological polar surface area (TPSA) is 86.8 Å². The van der Waals surface area contributed by atoms with E-state index >= 15 is 0 Å². The summed E-state index contributed by atoms with van der Waals surface area (Å²) in [7, 11) is -4.17. The number of sulfonamides is 1. The van der Waals surface area contributed by atoms with Crippen LogP contribution in [0.5, 0.6) is 0 Å². The van der Waals surface area contributed by atoms with Crippen LogP contribution in [-0.2, 0) is 32.6 Å². The first-order chi connectivity index (χ1) is 21.5. The Hall–Kier alpha value is -4.14. The zero-order valence-electron chi connectivity index (χ0n) is 26.1. The van der Waals surface area contributed by atoms with Gasteiger partial charge in [0.2, 0.25) is 11.8 Å². The Kier molecular flexibility index (Phi) is 11.4. The van der Waals surface area contributed by atoms with Crippen LogP contribution in [-0.4, -0.2) is 43.8 Å². The van der Waals surface area contributed by atoms with Crippen molar-refractivity contribution in [3.63, 3.8) is 0 Å². The third-order valence-corrected chi connectivity index (χ3v) is 9.96. The van der Waals surface area contributed by atoms with E-state index in [1.54, 1.807) is 42.5 Å². The maximum atomic E-state index is 14.6. The highest BCUT2D eigenvalue weighted by Crippen LogP contribution is 2.29. The van der Waals surface area contributed by atoms with Crippen LogP contribution in [0.1, 0.15) is 42.5 Å². The van der Waals surface area contributed by atoms with Crippen LogP contribution in [0.15, 0.2) is 108 Å². The van der Waals surface area contributed by atoms with E-state index in [1.807, 2.05) is 76.2 Å². The van der Waals surface area contributed by atoms with Gasteiger partial charge in [0.1, 0.15) is 12.6 Å². The zero-order valence-corrected chi connectivity index (χ0v) is 27.7. The van der Waals surface area contributed by atoms with Crippen molar-refractivity contribution < 1.29 is 18.0 Å². The highest BCUT2D eigenvalue weighted by molar-refractivity contribution is 7.92. The number of hydrogen-bond acceptors (Lipinski definition) is 4. The first-order valence-electron chi connectivity index (χ1n) is 15.0. The highest BCUT2D eigenvalue weighted by Gasteiger charge is 2.35. The molecule has 2 atom stereocenters. The molecule has 2 amide bonds. The fraction of sp³-hybridized carbons (Fsp3) is 0.278. The molecule has 4 rings (SSSR count). The van der Waals surface area contributed by atoms with Crippen molar-refractivity contribution in [2.45, 2.75) is 64.1 Å². The van der Waals surface area contributed by atoms with E-state index in [9.17, 15) is 18.0 Å². The van der Waals surface area contributed by atoms with Gasteiger partial charge in [0.25, 0.3) is 10.0 Å². The number of nitrogens with zero attached hydrogens (tertiary/aromatic N) is 2. The molecule has 9 heteroatoms. The molecule has 1 N–H and O–H groups in total. The van der Waals surface area contributed by atoms with E-state index in [4.69, 9.17) is 11.6 Å². The van der Waals surface area contributed by atoms with Gasteiger partial charge in [-0.3, -0.25) is 13.9 Å². The van der Waals surface area contributed by atoms with Gasteiger partial charge in [0, 0.05) is 24.0 Å². The van der Waals surface area contributed by atoms with Crippen molar-refractivity contribution in [3.8, 4) is 0 Å². The lowest BCUT2D eigenvalue weighted by molar-refractivity contribution is -0.140. The largest absolute Gasteiger partial charge is 0.352 e. The van der Waals surface area contributed by atoms with E-state index in [0.717, 1.165) is 15.4 Å². The van der Waals surface area contributed by atoms with Crippen LogP contribution in [0.2, 0.25) is 5.02 Å². The molecule has 0 saturated heterocycles. The van der Waals surface area contributed by atoms with Crippen molar-refractivity contribution in [2.24, 2.45) is 0 Å². The number of nitrogens with one attached hydrogen (secondary N) is 1. The molecule has 0 saturated carbocycles. The van der Waals surface area contributed by atoms with Crippen LogP contribution < -0.4 is 9.62 Å². The molecule has 0 fully saturated rings. The van der Waals surface area contributed by atoms with Gasteiger partial charge in [-0.05, 0) is 73.7 Å². The second-order valence-electron chi connectivity index (χ2n) is 11.3. The van der Waals surface area contributed by atoms with E-state index < -0.39 is 28.5 Å². The molecule has 7 nitrogen and oxygen atoms in total. The summed E-state index contributed by atoms with van der Waals surface area (Å²) in [5, 5.41) is 3.49. The Bertz CT molecular complexity index is 1720. The molecule has 4 aromatic carbocycles. The number of benzene rings is 4. The Morgan fingerprint density at radius 3 is 2.13 bits per heavy atom. The van der Waals surface area contributed by atoms with Gasteiger partial charge in [-0.2, -0.15) is 0 Å². The summed E-state index contributed by atoms with van der Waals surface area (Å²) in [6, 6.07) is 29.1. The van der Waals surface area contributed by atoms with Crippen molar-refractivity contribution >= 4 is 39.1 Å². The van der Waals surface area contributed by atoms with Crippen LogP contribution in [0.3, 0.4) is 0 Å². The fourth-order valence-electron chi connectivity index (χ4n) is 5.03. The van der Waals surface area contributed by atoms with Crippen LogP contribution in [0, 0.1) is 13.8 Å². The minimum atomic E-state index is -4.17. The predicted molar refractivity (Wildman–Crippen MR) is 181 cm³/mol. The number of anilines is 1. The normalized spacial score (nSPS) is 12.6. The molecule has 236 valence electrons. The first-order valence-corrected chi connectivity index (χ1v) is 16.8. The van der Waals surface area contributed by atoms with Gasteiger partial charge >= 0.3 is 0 Å². The minimum Gasteiger partial charge on any atom is -0.352 e. The highest BCUT2D eigenvalue weighted by atomic mass is 35.5. The third-order valence-electron chi connectivity index (χ3n) is 7.81. The Morgan fingerprint density at radius 1 is 0.867 bits per heavy atom. The van der Waals surface area contributed by atoms with Crippen molar-refractivity contribution in [3.05, 3.63) is 130 Å². The van der Waals surface area contributed by atoms with Gasteiger partial charge in [0.15, 0.2) is 0 Å². The monoisotopic (exact) mass is 645 g/mol. The average Bonchev–Trinajstić information content (AvgIpc) is 3.04. The SMILES string of the molecule is CC[C@@H](C)NC(=O)[C@@H](Cc1ccccc1)N(Cc1ccccc1Cl)C(=O)CN(c1cc(C)ccc1C)S(=O)(=O)c1ccccc1. The molecule has 0 aromatic heterocycles. The lowest BCUT2D eigenvalue weighted by Crippen LogP contribution is -2.54. The molecular weight excluding hydrogens is 606 g/mol. The molecule has 0 heterocycles. The van der Waals surface area contributed by atoms with Crippen LogP contribution >= 0.6 is 11.6 Å². The Balaban J connectivity index is 1.84. The third kappa shape index (κ3) is 8.53. The number of rotatable bonds is 13. The van der Waals surface area contributed by atoms with E-state index in [2.05, 4.69) is 5.32 Å². The maximum absolute atomic E-state index is 14.6. The number of hydrogen-bond donors (Lipinski definition) is 1. The quantitative estimate of drug-likeness (QED) is 0.175. The average molecular weight is 646 g/mol. The van der Waals surface area contributed by atoms with Gasteiger partial charge in [-0.1, -0.05) is 97.4 Å². The van der Waals surface area contributed by atoms with Crippen molar-refractivity contribution in [1.82, 2.24) is 10.2 Å². The van der Waals surface area contributed by atoms with Gasteiger partial charge in [-0.25, -0.2) is 8.42 Å². The molecule has 0 spiro atoms. The lowest BCUT2D eigenvalue weighted by atomic mass is 10.0. The molecule has 0 unspecified atom stereocenters. The van der Waals surface area contributed by atoms with Crippen LogP contribution in [0.4, 0.5) is 5.69 Å². The molecule has 0 bridgehead atoms. The minimum absolute atomic E-state index is 0.00988. The number of amides is 2. The second-order valence-corrected chi connectivity index (χ2v) is 13.5. The van der Waals surface area contributed by atoms with Crippen molar-refractivity contribution in [2.75, 3.05) is 10.8 Å². The first kappa shape index (κ1) is 33.7. The predicted octanol–water partition coefficient (Wildman–Crippen LogP) is 6.71. The Morgan fingerprint density at radius 2 is 1.49 bits per heavy atom. The Labute approximate surface area is 271 Å². The molecule has 45 heavy (non-hydrogen) atoms. The standard InChI is InChI=1S/C36H40ClN3O4S/c1-5-28(4)38-36(42)34(23-29-14-8-6-9-15-29)39(24-30-16-12-13-19-32(30)37)35(41)25-40(33-22-26(2)20-21-27(33)3)45(43,44)31-17-10-7-11-18-31/h6-22,28,34H,5,23-25H2,1-4H3,(H,38,42)/t28-,34-/m1/s1. The molecule has 0 aliphatic heterocycles. The number of aryl methyl sites for hydroxylation is 2. The number of carbonyl (C=O) groups excluding carboxylic acids is 2. The molecule has 0 radical (unpaired) electrons. The summed E-state index contributed by atoms with van der Waals surface area (Å²) < 4.78 is 29.6. The van der Waals surface area contributed by atoms with E-state index in [1.165, 1.54) is 17.0 Å². The molecule has 4 aromatic rings. The van der Waals surface area contributed by atoms with E-state index in [-0.39, 0.29) is 29.8 Å². The summed E-state index contributed by atoms with van der Waals surface area (Å²) in [5.41, 5.74) is 3.45.